The Morgan fingerprint density at radius 1 is 1.14 bits per heavy atom. The standard InChI is InChI=1S/C20H21NO/c1-5-21-17-9-7-6-8-14(17)16-12-13(2)19-15(18(16)21)10-11-20(3,4)22-19/h6-12H,5H2,1-4H3. The second-order valence-electron chi connectivity index (χ2n) is 6.63. The van der Waals surface area contributed by atoms with Crippen LogP contribution in [0.2, 0.25) is 0 Å². The number of benzene rings is 2. The van der Waals surface area contributed by atoms with Gasteiger partial charge in [-0.2, -0.15) is 0 Å². The third-order valence-corrected chi connectivity index (χ3v) is 4.56. The van der Waals surface area contributed by atoms with E-state index in [4.69, 9.17) is 4.74 Å². The number of rotatable bonds is 1. The zero-order valence-corrected chi connectivity index (χ0v) is 13.6. The lowest BCUT2D eigenvalue weighted by molar-refractivity contribution is 0.158. The predicted octanol–water partition coefficient (Wildman–Crippen LogP) is 5.31. The van der Waals surface area contributed by atoms with E-state index in [0.717, 1.165) is 12.3 Å². The van der Waals surface area contributed by atoms with E-state index in [1.54, 1.807) is 0 Å². The first kappa shape index (κ1) is 13.4. The summed E-state index contributed by atoms with van der Waals surface area (Å²) in [4.78, 5) is 0. The van der Waals surface area contributed by atoms with Crippen molar-refractivity contribution in [3.63, 3.8) is 0 Å². The van der Waals surface area contributed by atoms with E-state index < -0.39 is 0 Å². The fourth-order valence-electron chi connectivity index (χ4n) is 3.57. The van der Waals surface area contributed by atoms with Gasteiger partial charge in [-0.3, -0.25) is 0 Å². The molecule has 0 amide bonds. The van der Waals surface area contributed by atoms with Crippen LogP contribution >= 0.6 is 0 Å². The first-order valence-corrected chi connectivity index (χ1v) is 7.94. The Kier molecular flexibility index (Phi) is 2.68. The number of hydrogen-bond acceptors (Lipinski definition) is 1. The van der Waals surface area contributed by atoms with Gasteiger partial charge in [0.25, 0.3) is 0 Å². The van der Waals surface area contributed by atoms with Crippen molar-refractivity contribution in [2.24, 2.45) is 0 Å². The van der Waals surface area contributed by atoms with Crippen LogP contribution < -0.4 is 4.74 Å². The van der Waals surface area contributed by atoms with Crippen molar-refractivity contribution in [3.05, 3.63) is 47.5 Å². The third kappa shape index (κ3) is 1.73. The van der Waals surface area contributed by atoms with E-state index in [1.807, 2.05) is 0 Å². The molecule has 0 unspecified atom stereocenters. The van der Waals surface area contributed by atoms with E-state index in [1.165, 1.54) is 32.9 Å². The maximum Gasteiger partial charge on any atom is 0.132 e. The van der Waals surface area contributed by atoms with Crippen LogP contribution in [0.15, 0.2) is 36.4 Å². The highest BCUT2D eigenvalue weighted by Crippen LogP contribution is 2.42. The minimum atomic E-state index is -0.242. The minimum Gasteiger partial charge on any atom is -0.483 e. The van der Waals surface area contributed by atoms with E-state index in [9.17, 15) is 0 Å². The topological polar surface area (TPSA) is 14.2 Å². The number of hydrogen-bond donors (Lipinski definition) is 0. The molecule has 1 aliphatic rings. The molecule has 2 heterocycles. The summed E-state index contributed by atoms with van der Waals surface area (Å²) >= 11 is 0. The van der Waals surface area contributed by atoms with Gasteiger partial charge in [0.15, 0.2) is 0 Å². The molecule has 4 rings (SSSR count). The van der Waals surface area contributed by atoms with Gasteiger partial charge in [-0.1, -0.05) is 18.2 Å². The SMILES string of the molecule is CCn1c2ccccc2c2cc(C)c3c(c21)C=CC(C)(C)O3. The van der Waals surface area contributed by atoms with Crippen molar-refractivity contribution in [1.29, 1.82) is 0 Å². The lowest BCUT2D eigenvalue weighted by Gasteiger charge is -2.29. The molecule has 0 radical (unpaired) electrons. The average molecular weight is 291 g/mol. The maximum absolute atomic E-state index is 6.25. The summed E-state index contributed by atoms with van der Waals surface area (Å²) in [7, 11) is 0. The number of aromatic nitrogens is 1. The van der Waals surface area contributed by atoms with Crippen LogP contribution in [0.25, 0.3) is 27.9 Å². The monoisotopic (exact) mass is 291 g/mol. The molecule has 0 atom stereocenters. The summed E-state index contributed by atoms with van der Waals surface area (Å²) in [6, 6.07) is 10.9. The van der Waals surface area contributed by atoms with Gasteiger partial charge in [-0.05, 0) is 57.5 Å². The van der Waals surface area contributed by atoms with Crippen LogP contribution in [0, 0.1) is 6.92 Å². The van der Waals surface area contributed by atoms with E-state index in [2.05, 4.69) is 74.7 Å². The first-order chi connectivity index (χ1) is 10.5. The molecule has 0 spiro atoms. The Morgan fingerprint density at radius 2 is 1.91 bits per heavy atom. The van der Waals surface area contributed by atoms with Gasteiger partial charge in [0.2, 0.25) is 0 Å². The molecule has 0 bridgehead atoms. The highest BCUT2D eigenvalue weighted by atomic mass is 16.5. The largest absolute Gasteiger partial charge is 0.483 e. The van der Waals surface area contributed by atoms with Crippen LogP contribution in [0.1, 0.15) is 31.9 Å². The second-order valence-corrected chi connectivity index (χ2v) is 6.63. The van der Waals surface area contributed by atoms with Gasteiger partial charge in [-0.25, -0.2) is 0 Å². The van der Waals surface area contributed by atoms with Crippen molar-refractivity contribution in [2.45, 2.75) is 39.8 Å². The van der Waals surface area contributed by atoms with Crippen molar-refractivity contribution >= 4 is 27.9 Å². The lowest BCUT2D eigenvalue weighted by Crippen LogP contribution is -2.28. The third-order valence-electron chi connectivity index (χ3n) is 4.56. The highest BCUT2D eigenvalue weighted by Gasteiger charge is 2.26. The fraction of sp³-hybridized carbons (Fsp3) is 0.300. The summed E-state index contributed by atoms with van der Waals surface area (Å²) in [5, 5.41) is 2.64. The van der Waals surface area contributed by atoms with Crippen molar-refractivity contribution in [3.8, 4) is 5.75 Å². The van der Waals surface area contributed by atoms with Crippen LogP contribution in [0.4, 0.5) is 0 Å². The molecule has 1 aliphatic heterocycles. The summed E-state index contributed by atoms with van der Waals surface area (Å²) in [5.41, 5.74) is 4.77. The summed E-state index contributed by atoms with van der Waals surface area (Å²) < 4.78 is 8.65. The maximum atomic E-state index is 6.25. The van der Waals surface area contributed by atoms with Crippen LogP contribution in [0.5, 0.6) is 5.75 Å². The Bertz CT molecular complexity index is 928. The highest BCUT2D eigenvalue weighted by molar-refractivity contribution is 6.11. The molecule has 0 aliphatic carbocycles. The molecule has 2 aromatic carbocycles. The van der Waals surface area contributed by atoms with Crippen molar-refractivity contribution < 1.29 is 4.74 Å². The molecule has 0 saturated heterocycles. The number of ether oxygens (including phenoxy) is 1. The molecule has 0 saturated carbocycles. The second kappa shape index (κ2) is 4.39. The molecule has 2 heteroatoms. The first-order valence-electron chi connectivity index (χ1n) is 7.94. The van der Waals surface area contributed by atoms with Gasteiger partial charge in [-0.15, -0.1) is 0 Å². The number of fused-ring (bicyclic) bond motifs is 5. The van der Waals surface area contributed by atoms with Gasteiger partial charge in [0, 0.05) is 28.4 Å². The molecule has 112 valence electrons. The molecule has 1 aromatic heterocycles. The normalized spacial score (nSPS) is 16.0. The Hall–Kier alpha value is -2.22. The molecule has 2 nitrogen and oxygen atoms in total. The molecule has 0 fully saturated rings. The molecule has 0 N–H and O–H groups in total. The van der Waals surface area contributed by atoms with E-state index in [0.29, 0.717) is 0 Å². The Morgan fingerprint density at radius 3 is 2.68 bits per heavy atom. The number of nitrogens with zero attached hydrogens (tertiary/aromatic N) is 1. The molecule has 3 aromatic rings. The Labute approximate surface area is 131 Å². The fourth-order valence-corrected chi connectivity index (χ4v) is 3.57. The number of aryl methyl sites for hydroxylation is 2. The molecule has 22 heavy (non-hydrogen) atoms. The van der Waals surface area contributed by atoms with Crippen molar-refractivity contribution in [2.75, 3.05) is 0 Å². The summed E-state index contributed by atoms with van der Waals surface area (Å²) in [5.74, 6) is 1.03. The molecular weight excluding hydrogens is 270 g/mol. The van der Waals surface area contributed by atoms with Crippen molar-refractivity contribution in [1.82, 2.24) is 4.57 Å². The smallest absolute Gasteiger partial charge is 0.132 e. The summed E-state index contributed by atoms with van der Waals surface area (Å²) in [6.07, 6.45) is 4.39. The molecular formula is C20H21NO. The average Bonchev–Trinajstić information content (AvgIpc) is 2.80. The lowest BCUT2D eigenvalue weighted by atomic mass is 9.97. The quantitative estimate of drug-likeness (QED) is 0.593. The van der Waals surface area contributed by atoms with Gasteiger partial charge in [0.05, 0.1) is 5.52 Å². The van der Waals surface area contributed by atoms with E-state index in [-0.39, 0.29) is 5.60 Å². The minimum absolute atomic E-state index is 0.242. The van der Waals surface area contributed by atoms with Crippen LogP contribution in [-0.4, -0.2) is 10.2 Å². The van der Waals surface area contributed by atoms with Gasteiger partial charge < -0.3 is 9.30 Å². The zero-order chi connectivity index (χ0) is 15.5. The van der Waals surface area contributed by atoms with Crippen LogP contribution in [-0.2, 0) is 6.54 Å². The van der Waals surface area contributed by atoms with Gasteiger partial charge >= 0.3 is 0 Å². The van der Waals surface area contributed by atoms with Gasteiger partial charge in [0.1, 0.15) is 11.4 Å². The Balaban J connectivity index is 2.20. The zero-order valence-electron chi connectivity index (χ0n) is 13.6. The predicted molar refractivity (Wildman–Crippen MR) is 93.6 cm³/mol. The number of para-hydroxylation sites is 1. The van der Waals surface area contributed by atoms with Crippen LogP contribution in [0.3, 0.4) is 0 Å². The van der Waals surface area contributed by atoms with E-state index >= 15 is 0 Å². The summed E-state index contributed by atoms with van der Waals surface area (Å²) in [6.45, 7) is 9.51.